The number of hydrogen-bond acceptors (Lipinski definition) is 3. The molecular weight excluding hydrogens is 216 g/mol. The Morgan fingerprint density at radius 1 is 1.18 bits per heavy atom. The van der Waals surface area contributed by atoms with Crippen LogP contribution in [0.4, 0.5) is 0 Å². The fourth-order valence-electron chi connectivity index (χ4n) is 2.38. The van der Waals surface area contributed by atoms with Gasteiger partial charge in [0.05, 0.1) is 25.9 Å². The molecular formula is C14H18O3. The monoisotopic (exact) mass is 234 g/mol. The third-order valence-electron chi connectivity index (χ3n) is 3.54. The molecule has 1 aromatic carbocycles. The molecule has 3 heteroatoms. The van der Waals surface area contributed by atoms with Crippen LogP contribution in [0.25, 0.3) is 5.76 Å². The highest BCUT2D eigenvalue weighted by molar-refractivity contribution is 5.74. The van der Waals surface area contributed by atoms with Crippen LogP contribution >= 0.6 is 0 Å². The summed E-state index contributed by atoms with van der Waals surface area (Å²) in [6.45, 7) is 3.99. The molecule has 0 bridgehead atoms. The minimum absolute atomic E-state index is 0.0598. The number of hydrogen-bond donors (Lipinski definition) is 1. The van der Waals surface area contributed by atoms with Gasteiger partial charge in [0.25, 0.3) is 0 Å². The third kappa shape index (κ3) is 1.71. The normalized spacial score (nSPS) is 23.4. The Hall–Kier alpha value is -1.48. The smallest absolute Gasteiger partial charge is 0.130 e. The van der Waals surface area contributed by atoms with Gasteiger partial charge in [-0.2, -0.15) is 0 Å². The van der Waals surface area contributed by atoms with Crippen molar-refractivity contribution in [3.05, 3.63) is 34.9 Å². The maximum atomic E-state index is 10.3. The van der Waals surface area contributed by atoms with Crippen molar-refractivity contribution in [2.45, 2.75) is 20.0 Å². The number of ether oxygens (including phenoxy) is 2. The van der Waals surface area contributed by atoms with E-state index in [0.29, 0.717) is 0 Å². The minimum atomic E-state index is -0.501. The molecule has 17 heavy (non-hydrogen) atoms. The zero-order valence-electron chi connectivity index (χ0n) is 10.7. The summed E-state index contributed by atoms with van der Waals surface area (Å²) in [6, 6.07) is 5.69. The topological polar surface area (TPSA) is 38.7 Å². The van der Waals surface area contributed by atoms with Gasteiger partial charge in [-0.15, -0.1) is 0 Å². The summed E-state index contributed by atoms with van der Waals surface area (Å²) in [5, 5.41) is 10.3. The number of aliphatic hydroxyl groups is 1. The van der Waals surface area contributed by atoms with Crippen molar-refractivity contribution >= 4 is 5.76 Å². The standard InChI is InChI=1S/C14H18O3/c1-8-9(2)14(17-4)12-10(13(8)15)6-5-7-11(12)16-3/h5-8,13,15H,1-4H3/t8-,13-/m1/s1. The molecule has 92 valence electrons. The summed E-state index contributed by atoms with van der Waals surface area (Å²) in [5.74, 6) is 1.62. The molecule has 1 N–H and O–H groups in total. The van der Waals surface area contributed by atoms with E-state index in [0.717, 1.165) is 28.2 Å². The molecule has 0 radical (unpaired) electrons. The highest BCUT2D eigenvalue weighted by atomic mass is 16.5. The lowest BCUT2D eigenvalue weighted by molar-refractivity contribution is 0.128. The largest absolute Gasteiger partial charge is 0.496 e. The molecule has 0 saturated heterocycles. The molecule has 0 heterocycles. The van der Waals surface area contributed by atoms with Crippen molar-refractivity contribution in [3.63, 3.8) is 0 Å². The SMILES string of the molecule is COC1=C(C)[C@@H](C)[C@@H](O)c2cccc(OC)c21. The van der Waals surface area contributed by atoms with Gasteiger partial charge < -0.3 is 14.6 Å². The lowest BCUT2D eigenvalue weighted by atomic mass is 9.81. The predicted octanol–water partition coefficient (Wildman–Crippen LogP) is 2.76. The highest BCUT2D eigenvalue weighted by Crippen LogP contribution is 2.44. The van der Waals surface area contributed by atoms with Crippen molar-refractivity contribution < 1.29 is 14.6 Å². The number of benzene rings is 1. The average molecular weight is 234 g/mol. The summed E-state index contributed by atoms with van der Waals surface area (Å²) in [6.07, 6.45) is -0.501. The van der Waals surface area contributed by atoms with Gasteiger partial charge in [0.1, 0.15) is 11.5 Å². The summed E-state index contributed by atoms with van der Waals surface area (Å²) >= 11 is 0. The Kier molecular flexibility index (Phi) is 3.11. The molecule has 2 atom stereocenters. The average Bonchev–Trinajstić information content (AvgIpc) is 2.36. The Morgan fingerprint density at radius 3 is 2.47 bits per heavy atom. The van der Waals surface area contributed by atoms with Crippen LogP contribution in [0.3, 0.4) is 0 Å². The van der Waals surface area contributed by atoms with Gasteiger partial charge in [-0.25, -0.2) is 0 Å². The van der Waals surface area contributed by atoms with Crippen LogP contribution in [0.15, 0.2) is 23.8 Å². The van der Waals surface area contributed by atoms with Gasteiger partial charge in [-0.3, -0.25) is 0 Å². The summed E-state index contributed by atoms with van der Waals surface area (Å²) in [7, 11) is 3.28. The lowest BCUT2D eigenvalue weighted by Crippen LogP contribution is -2.19. The van der Waals surface area contributed by atoms with Gasteiger partial charge >= 0.3 is 0 Å². The Morgan fingerprint density at radius 2 is 1.88 bits per heavy atom. The van der Waals surface area contributed by atoms with E-state index in [1.54, 1.807) is 14.2 Å². The quantitative estimate of drug-likeness (QED) is 0.855. The van der Waals surface area contributed by atoms with E-state index in [2.05, 4.69) is 0 Å². The fourth-order valence-corrected chi connectivity index (χ4v) is 2.38. The first-order valence-electron chi connectivity index (χ1n) is 5.71. The van der Waals surface area contributed by atoms with E-state index in [1.807, 2.05) is 32.0 Å². The minimum Gasteiger partial charge on any atom is -0.496 e. The lowest BCUT2D eigenvalue weighted by Gasteiger charge is -2.31. The van der Waals surface area contributed by atoms with Crippen LogP contribution < -0.4 is 4.74 Å². The summed E-state index contributed by atoms with van der Waals surface area (Å²) < 4.78 is 10.8. The number of rotatable bonds is 2. The van der Waals surface area contributed by atoms with Crippen LogP contribution in [0.2, 0.25) is 0 Å². The van der Waals surface area contributed by atoms with Crippen molar-refractivity contribution in [1.29, 1.82) is 0 Å². The maximum Gasteiger partial charge on any atom is 0.130 e. The second-order valence-corrected chi connectivity index (χ2v) is 4.37. The molecule has 0 aliphatic heterocycles. The first-order chi connectivity index (χ1) is 8.11. The Labute approximate surface area is 102 Å². The first kappa shape index (κ1) is 12.0. The highest BCUT2D eigenvalue weighted by Gasteiger charge is 2.32. The van der Waals surface area contributed by atoms with Crippen molar-refractivity contribution in [2.24, 2.45) is 5.92 Å². The van der Waals surface area contributed by atoms with E-state index in [9.17, 15) is 5.11 Å². The molecule has 0 saturated carbocycles. The van der Waals surface area contributed by atoms with Gasteiger partial charge in [0.15, 0.2) is 0 Å². The number of methoxy groups -OCH3 is 2. The zero-order chi connectivity index (χ0) is 12.6. The van der Waals surface area contributed by atoms with Gasteiger partial charge in [0.2, 0.25) is 0 Å². The van der Waals surface area contributed by atoms with Gasteiger partial charge in [-0.05, 0) is 24.1 Å². The number of aliphatic hydroxyl groups excluding tert-OH is 1. The predicted molar refractivity (Wildman–Crippen MR) is 66.7 cm³/mol. The van der Waals surface area contributed by atoms with E-state index >= 15 is 0 Å². The van der Waals surface area contributed by atoms with Crippen molar-refractivity contribution in [1.82, 2.24) is 0 Å². The Balaban J connectivity index is 2.71. The van der Waals surface area contributed by atoms with Crippen LogP contribution in [0.1, 0.15) is 31.1 Å². The van der Waals surface area contributed by atoms with E-state index in [4.69, 9.17) is 9.47 Å². The van der Waals surface area contributed by atoms with Crippen LogP contribution in [-0.4, -0.2) is 19.3 Å². The van der Waals surface area contributed by atoms with E-state index in [-0.39, 0.29) is 5.92 Å². The summed E-state index contributed by atoms with van der Waals surface area (Å²) in [4.78, 5) is 0. The van der Waals surface area contributed by atoms with Crippen LogP contribution in [0.5, 0.6) is 5.75 Å². The molecule has 0 spiro atoms. The van der Waals surface area contributed by atoms with E-state index < -0.39 is 6.10 Å². The van der Waals surface area contributed by atoms with E-state index in [1.165, 1.54) is 0 Å². The molecule has 0 aromatic heterocycles. The molecule has 2 rings (SSSR count). The second kappa shape index (κ2) is 4.41. The van der Waals surface area contributed by atoms with Crippen molar-refractivity contribution in [2.75, 3.05) is 14.2 Å². The molecule has 0 amide bonds. The van der Waals surface area contributed by atoms with Crippen molar-refractivity contribution in [3.8, 4) is 5.75 Å². The molecule has 0 fully saturated rings. The molecule has 3 nitrogen and oxygen atoms in total. The second-order valence-electron chi connectivity index (χ2n) is 4.37. The molecule has 1 aromatic rings. The third-order valence-corrected chi connectivity index (χ3v) is 3.54. The number of fused-ring (bicyclic) bond motifs is 1. The zero-order valence-corrected chi connectivity index (χ0v) is 10.7. The van der Waals surface area contributed by atoms with Crippen LogP contribution in [0, 0.1) is 5.92 Å². The first-order valence-corrected chi connectivity index (χ1v) is 5.71. The molecule has 1 aliphatic carbocycles. The Bertz CT molecular complexity index is 463. The fraction of sp³-hybridized carbons (Fsp3) is 0.429. The summed E-state index contributed by atoms with van der Waals surface area (Å²) in [5.41, 5.74) is 2.80. The van der Waals surface area contributed by atoms with Gasteiger partial charge in [0, 0.05) is 5.92 Å². The van der Waals surface area contributed by atoms with Gasteiger partial charge in [-0.1, -0.05) is 19.1 Å². The molecule has 1 aliphatic rings. The molecule has 0 unspecified atom stereocenters. The van der Waals surface area contributed by atoms with Crippen LogP contribution in [-0.2, 0) is 4.74 Å². The maximum absolute atomic E-state index is 10.3.